The zero-order valence-electron chi connectivity index (χ0n) is 8.93. The molecule has 0 aliphatic heterocycles. The molecule has 0 saturated heterocycles. The zero-order chi connectivity index (χ0) is 9.83. The molecule has 0 aromatic rings. The van der Waals surface area contributed by atoms with E-state index in [2.05, 4.69) is 20.8 Å². The van der Waals surface area contributed by atoms with Crippen LogP contribution in [0.1, 0.15) is 20.8 Å². The SMILES string of the molecule is COC(OC)(OC)[SiH2]C(C)(C)C. The third kappa shape index (κ3) is 3.67. The van der Waals surface area contributed by atoms with Gasteiger partial charge >= 0.3 is 0 Å². The summed E-state index contributed by atoms with van der Waals surface area (Å²) >= 11 is 0. The van der Waals surface area contributed by atoms with Crippen molar-refractivity contribution in [1.29, 1.82) is 0 Å². The van der Waals surface area contributed by atoms with Gasteiger partial charge in [-0.25, -0.2) is 0 Å². The Hall–Kier alpha value is 0.0969. The van der Waals surface area contributed by atoms with Crippen molar-refractivity contribution in [1.82, 2.24) is 0 Å². The van der Waals surface area contributed by atoms with Crippen molar-refractivity contribution in [2.45, 2.75) is 31.4 Å². The van der Waals surface area contributed by atoms with Gasteiger partial charge in [0.05, 0.1) is 0 Å². The van der Waals surface area contributed by atoms with Crippen molar-refractivity contribution in [2.24, 2.45) is 0 Å². The van der Waals surface area contributed by atoms with Crippen LogP contribution in [0.5, 0.6) is 0 Å². The third-order valence-electron chi connectivity index (χ3n) is 1.68. The predicted molar refractivity (Wildman–Crippen MR) is 52.0 cm³/mol. The van der Waals surface area contributed by atoms with Crippen LogP contribution < -0.4 is 0 Å². The van der Waals surface area contributed by atoms with Crippen molar-refractivity contribution in [2.75, 3.05) is 21.3 Å². The first-order chi connectivity index (χ1) is 5.39. The van der Waals surface area contributed by atoms with E-state index in [-0.39, 0.29) is 5.04 Å². The van der Waals surface area contributed by atoms with Crippen LogP contribution in [0.4, 0.5) is 0 Å². The van der Waals surface area contributed by atoms with Gasteiger partial charge in [0.25, 0.3) is 0 Å². The second-order valence-corrected chi connectivity index (χ2v) is 7.37. The Morgan fingerprint density at radius 1 is 0.833 bits per heavy atom. The topological polar surface area (TPSA) is 27.7 Å². The van der Waals surface area contributed by atoms with Gasteiger partial charge in [0.2, 0.25) is 5.60 Å². The molecule has 12 heavy (non-hydrogen) atoms. The lowest BCUT2D eigenvalue weighted by Gasteiger charge is -2.34. The normalized spacial score (nSPS) is 14.5. The Bertz CT molecular complexity index is 118. The summed E-state index contributed by atoms with van der Waals surface area (Å²) < 4.78 is 15.7. The van der Waals surface area contributed by atoms with Crippen LogP contribution in [0.3, 0.4) is 0 Å². The summed E-state index contributed by atoms with van der Waals surface area (Å²) in [6.07, 6.45) is 0. The Labute approximate surface area is 77.2 Å². The molecule has 0 bridgehead atoms. The highest BCUT2D eigenvalue weighted by atomic mass is 28.2. The van der Waals surface area contributed by atoms with Crippen LogP contribution in [-0.2, 0) is 14.2 Å². The summed E-state index contributed by atoms with van der Waals surface area (Å²) in [7, 11) is 4.24. The predicted octanol–water partition coefficient (Wildman–Crippen LogP) is 0.924. The molecule has 0 aromatic carbocycles. The summed E-state index contributed by atoms with van der Waals surface area (Å²) in [5, 5.41) is 0.252. The first-order valence-electron chi connectivity index (χ1n) is 4.04. The van der Waals surface area contributed by atoms with Crippen LogP contribution >= 0.6 is 0 Å². The molecule has 0 heterocycles. The lowest BCUT2D eigenvalue weighted by molar-refractivity contribution is -0.295. The van der Waals surface area contributed by atoms with E-state index in [9.17, 15) is 0 Å². The minimum Gasteiger partial charge on any atom is -0.335 e. The first kappa shape index (κ1) is 12.1. The molecule has 0 unspecified atom stereocenters. The highest BCUT2D eigenvalue weighted by molar-refractivity contribution is 6.42. The minimum atomic E-state index is -0.752. The number of rotatable bonds is 4. The Morgan fingerprint density at radius 3 is 1.25 bits per heavy atom. The van der Waals surface area contributed by atoms with Gasteiger partial charge in [0.1, 0.15) is 9.52 Å². The fourth-order valence-electron chi connectivity index (χ4n) is 1.12. The van der Waals surface area contributed by atoms with Gasteiger partial charge in [-0.3, -0.25) is 0 Å². The highest BCUT2D eigenvalue weighted by Gasteiger charge is 2.35. The maximum Gasteiger partial charge on any atom is 0.248 e. The van der Waals surface area contributed by atoms with E-state index in [1.54, 1.807) is 21.3 Å². The maximum atomic E-state index is 5.23. The van der Waals surface area contributed by atoms with Crippen LogP contribution in [-0.4, -0.2) is 36.4 Å². The number of ether oxygens (including phenoxy) is 3. The van der Waals surface area contributed by atoms with Gasteiger partial charge in [0.15, 0.2) is 0 Å². The molecule has 74 valence electrons. The molecular formula is C8H20O3Si. The molecule has 0 rings (SSSR count). The van der Waals surface area contributed by atoms with Gasteiger partial charge in [0, 0.05) is 21.3 Å². The quantitative estimate of drug-likeness (QED) is 0.490. The number of methoxy groups -OCH3 is 3. The second kappa shape index (κ2) is 4.37. The molecule has 0 aliphatic carbocycles. The summed E-state index contributed by atoms with van der Waals surface area (Å²) in [5.41, 5.74) is -0.752. The van der Waals surface area contributed by atoms with Crippen molar-refractivity contribution < 1.29 is 14.2 Å². The monoisotopic (exact) mass is 192 g/mol. The summed E-state index contributed by atoms with van der Waals surface area (Å²) in [5.74, 6) is 0. The van der Waals surface area contributed by atoms with Gasteiger partial charge in [-0.1, -0.05) is 20.8 Å². The average Bonchev–Trinajstić information content (AvgIpc) is 1.99. The van der Waals surface area contributed by atoms with Crippen molar-refractivity contribution >= 4 is 9.52 Å². The van der Waals surface area contributed by atoms with Crippen LogP contribution in [0.15, 0.2) is 0 Å². The van der Waals surface area contributed by atoms with Gasteiger partial charge in [-0.05, 0) is 5.04 Å². The molecule has 0 spiro atoms. The molecule has 0 amide bonds. The molecule has 0 aromatic heterocycles. The molecular weight excluding hydrogens is 172 g/mol. The maximum absolute atomic E-state index is 5.23. The lowest BCUT2D eigenvalue weighted by atomic mass is 10.3. The molecule has 0 aliphatic rings. The fraction of sp³-hybridized carbons (Fsp3) is 1.00. The Kier molecular flexibility index (Phi) is 4.40. The molecule has 0 saturated carbocycles. The van der Waals surface area contributed by atoms with Gasteiger partial charge < -0.3 is 14.2 Å². The van der Waals surface area contributed by atoms with Crippen molar-refractivity contribution in [3.05, 3.63) is 0 Å². The fourth-order valence-corrected chi connectivity index (χ4v) is 2.85. The van der Waals surface area contributed by atoms with Gasteiger partial charge in [-0.2, -0.15) is 0 Å². The molecule has 0 atom stereocenters. The molecule has 4 heteroatoms. The smallest absolute Gasteiger partial charge is 0.248 e. The third-order valence-corrected chi connectivity index (χ3v) is 4.04. The van der Waals surface area contributed by atoms with Crippen LogP contribution in [0.2, 0.25) is 5.04 Å². The molecule has 3 nitrogen and oxygen atoms in total. The Balaban J connectivity index is 4.30. The zero-order valence-corrected chi connectivity index (χ0v) is 10.3. The average molecular weight is 192 g/mol. The number of hydrogen-bond donors (Lipinski definition) is 0. The minimum absolute atomic E-state index is 0.252. The van der Waals surface area contributed by atoms with Gasteiger partial charge in [-0.15, -0.1) is 0 Å². The summed E-state index contributed by atoms with van der Waals surface area (Å²) in [6, 6.07) is 0. The van der Waals surface area contributed by atoms with E-state index in [4.69, 9.17) is 14.2 Å². The van der Waals surface area contributed by atoms with E-state index < -0.39 is 15.1 Å². The second-order valence-electron chi connectivity index (χ2n) is 4.03. The van der Waals surface area contributed by atoms with E-state index in [1.165, 1.54) is 0 Å². The summed E-state index contributed by atoms with van der Waals surface area (Å²) in [6.45, 7) is 6.51. The molecule has 0 N–H and O–H groups in total. The first-order valence-corrected chi connectivity index (χ1v) is 5.46. The van der Waals surface area contributed by atoms with Crippen molar-refractivity contribution in [3.8, 4) is 0 Å². The molecule has 0 radical (unpaired) electrons. The number of hydrogen-bond acceptors (Lipinski definition) is 3. The van der Waals surface area contributed by atoms with Crippen LogP contribution in [0.25, 0.3) is 0 Å². The standard InChI is InChI=1S/C8H20O3Si/c1-7(2,3)12-8(9-4,10-5)11-6/h12H2,1-6H3. The van der Waals surface area contributed by atoms with E-state index in [0.717, 1.165) is 0 Å². The lowest BCUT2D eigenvalue weighted by Crippen LogP contribution is -2.45. The largest absolute Gasteiger partial charge is 0.335 e. The Morgan fingerprint density at radius 2 is 1.17 bits per heavy atom. The van der Waals surface area contributed by atoms with E-state index in [1.807, 2.05) is 0 Å². The highest BCUT2D eigenvalue weighted by Crippen LogP contribution is 2.27. The molecule has 0 fully saturated rings. The summed E-state index contributed by atoms with van der Waals surface area (Å²) in [4.78, 5) is 0. The van der Waals surface area contributed by atoms with Crippen LogP contribution in [0, 0.1) is 0 Å². The van der Waals surface area contributed by atoms with Crippen molar-refractivity contribution in [3.63, 3.8) is 0 Å². The van der Waals surface area contributed by atoms with E-state index in [0.29, 0.717) is 0 Å². The van der Waals surface area contributed by atoms with E-state index >= 15 is 0 Å².